The highest BCUT2D eigenvalue weighted by Crippen LogP contribution is 2.34. The van der Waals surface area contributed by atoms with Crippen LogP contribution in [0.1, 0.15) is 35.5 Å². The van der Waals surface area contributed by atoms with Gasteiger partial charge in [-0.3, -0.25) is 4.79 Å². The van der Waals surface area contributed by atoms with Gasteiger partial charge < -0.3 is 14.9 Å². The van der Waals surface area contributed by atoms with Crippen molar-refractivity contribution in [2.24, 2.45) is 5.16 Å². The molecule has 0 amide bonds. The first-order valence-corrected chi connectivity index (χ1v) is 8.07. The fourth-order valence-electron chi connectivity index (χ4n) is 3.16. The molecule has 0 bridgehead atoms. The van der Waals surface area contributed by atoms with Crippen LogP contribution >= 0.6 is 11.6 Å². The summed E-state index contributed by atoms with van der Waals surface area (Å²) in [4.78, 5) is 12.2. The van der Waals surface area contributed by atoms with Crippen molar-refractivity contribution >= 4 is 34.0 Å². The van der Waals surface area contributed by atoms with Crippen molar-refractivity contribution in [3.63, 3.8) is 0 Å². The molecule has 2 N–H and O–H groups in total. The zero-order valence-corrected chi connectivity index (χ0v) is 14.8. The van der Waals surface area contributed by atoms with E-state index in [1.807, 2.05) is 23.6 Å². The van der Waals surface area contributed by atoms with Gasteiger partial charge in [-0.15, -0.1) is 0 Å². The Labute approximate surface area is 149 Å². The van der Waals surface area contributed by atoms with Crippen LogP contribution < -0.4 is 0 Å². The van der Waals surface area contributed by atoms with Gasteiger partial charge in [-0.1, -0.05) is 16.8 Å². The number of ketones is 1. The molecule has 0 saturated heterocycles. The molecule has 0 saturated carbocycles. The van der Waals surface area contributed by atoms with Gasteiger partial charge in [0.1, 0.15) is 5.75 Å². The molecule has 0 aliphatic rings. The van der Waals surface area contributed by atoms with Gasteiger partial charge in [0.2, 0.25) is 0 Å². The smallest absolute Gasteiger partial charge is 0.162 e. The van der Waals surface area contributed by atoms with Crippen molar-refractivity contribution in [2.45, 2.75) is 20.8 Å². The number of carbonyl (C=O) groups is 1. The maximum absolute atomic E-state index is 12.2. The van der Waals surface area contributed by atoms with Crippen LogP contribution in [0.4, 0.5) is 0 Å². The molecule has 1 aromatic heterocycles. The summed E-state index contributed by atoms with van der Waals surface area (Å²) in [5.74, 6) is -0.131. The fraction of sp³-hybridized carbons (Fsp3) is 0.158. The third-order valence-corrected chi connectivity index (χ3v) is 4.55. The lowest BCUT2D eigenvalue weighted by molar-refractivity contribution is 0.101. The second-order valence-electron chi connectivity index (χ2n) is 5.90. The summed E-state index contributed by atoms with van der Waals surface area (Å²) in [5, 5.41) is 23.8. The number of phenolic OH excluding ortho intramolecular Hbond substituents is 1. The van der Waals surface area contributed by atoms with Crippen LogP contribution in [0.5, 0.6) is 5.75 Å². The number of hydrogen-bond donors (Lipinski definition) is 2. The summed E-state index contributed by atoms with van der Waals surface area (Å²) in [5.41, 5.74) is 3.57. The second-order valence-corrected chi connectivity index (χ2v) is 6.34. The number of fused-ring (bicyclic) bond motifs is 1. The SMILES string of the molecule is CC(=O)c1c(C)n(-c2ccc(Cl)cc2)c2cc(/C(C)=N/O)c(O)cc12. The van der Waals surface area contributed by atoms with Gasteiger partial charge in [-0.2, -0.15) is 0 Å². The molecule has 0 unspecified atom stereocenters. The number of aromatic nitrogens is 1. The number of benzene rings is 2. The molecular formula is C19H17ClN2O3. The highest BCUT2D eigenvalue weighted by molar-refractivity contribution is 6.30. The average Bonchev–Trinajstić information content (AvgIpc) is 2.85. The van der Waals surface area contributed by atoms with E-state index in [0.717, 1.165) is 16.9 Å². The highest BCUT2D eigenvalue weighted by atomic mass is 35.5. The van der Waals surface area contributed by atoms with Gasteiger partial charge in [0.25, 0.3) is 0 Å². The van der Waals surface area contributed by atoms with E-state index < -0.39 is 0 Å². The lowest BCUT2D eigenvalue weighted by Crippen LogP contribution is -2.00. The monoisotopic (exact) mass is 356 g/mol. The topological polar surface area (TPSA) is 74.8 Å². The van der Waals surface area contributed by atoms with Crippen molar-refractivity contribution in [1.29, 1.82) is 0 Å². The fourth-order valence-corrected chi connectivity index (χ4v) is 3.29. The van der Waals surface area contributed by atoms with Crippen LogP contribution in [0.25, 0.3) is 16.6 Å². The van der Waals surface area contributed by atoms with Crippen LogP contribution in [0.3, 0.4) is 0 Å². The minimum absolute atomic E-state index is 0.0430. The number of nitrogens with zero attached hydrogens (tertiary/aromatic N) is 2. The largest absolute Gasteiger partial charge is 0.507 e. The molecule has 3 rings (SSSR count). The number of rotatable bonds is 3. The van der Waals surface area contributed by atoms with Crippen LogP contribution in [0.2, 0.25) is 5.02 Å². The number of aromatic hydroxyl groups is 1. The van der Waals surface area contributed by atoms with E-state index in [9.17, 15) is 9.90 Å². The average molecular weight is 357 g/mol. The number of oxime groups is 1. The summed E-state index contributed by atoms with van der Waals surface area (Å²) in [7, 11) is 0. The Kier molecular flexibility index (Phi) is 4.27. The van der Waals surface area contributed by atoms with E-state index in [1.54, 1.807) is 25.1 Å². The number of hydrogen-bond acceptors (Lipinski definition) is 4. The first kappa shape index (κ1) is 17.0. The first-order valence-electron chi connectivity index (χ1n) is 7.69. The van der Waals surface area contributed by atoms with E-state index >= 15 is 0 Å². The van der Waals surface area contributed by atoms with Crippen LogP contribution in [-0.4, -0.2) is 26.4 Å². The molecule has 0 aliphatic carbocycles. The maximum atomic E-state index is 12.2. The molecule has 25 heavy (non-hydrogen) atoms. The molecule has 5 nitrogen and oxygen atoms in total. The van der Waals surface area contributed by atoms with E-state index in [2.05, 4.69) is 5.16 Å². The quantitative estimate of drug-likeness (QED) is 0.309. The Morgan fingerprint density at radius 2 is 1.80 bits per heavy atom. The summed E-state index contributed by atoms with van der Waals surface area (Å²) >= 11 is 5.98. The van der Waals surface area contributed by atoms with Crippen molar-refractivity contribution in [2.75, 3.05) is 0 Å². The molecule has 0 aliphatic heterocycles. The predicted octanol–water partition coefficient (Wildman–Crippen LogP) is 4.70. The van der Waals surface area contributed by atoms with Crippen molar-refractivity contribution < 1.29 is 15.1 Å². The summed E-state index contributed by atoms with van der Waals surface area (Å²) in [6.07, 6.45) is 0. The first-order chi connectivity index (χ1) is 11.8. The molecule has 3 aromatic rings. The molecule has 6 heteroatoms. The molecule has 128 valence electrons. The zero-order valence-electron chi connectivity index (χ0n) is 14.0. The van der Waals surface area contributed by atoms with Crippen LogP contribution in [0.15, 0.2) is 41.6 Å². The van der Waals surface area contributed by atoms with Gasteiger partial charge >= 0.3 is 0 Å². The van der Waals surface area contributed by atoms with Gasteiger partial charge in [0.05, 0.1) is 11.2 Å². The Morgan fingerprint density at radius 3 is 2.36 bits per heavy atom. The minimum Gasteiger partial charge on any atom is -0.507 e. The van der Waals surface area contributed by atoms with Crippen LogP contribution in [0, 0.1) is 6.92 Å². The van der Waals surface area contributed by atoms with Crippen LogP contribution in [-0.2, 0) is 0 Å². The Balaban J connectivity index is 2.44. The Bertz CT molecular complexity index is 1020. The number of carbonyl (C=O) groups excluding carboxylic acids is 1. The molecule has 0 fully saturated rings. The van der Waals surface area contributed by atoms with Gasteiger partial charge in [-0.05, 0) is 57.2 Å². The molecule has 0 spiro atoms. The number of Topliss-reactive ketones (excluding diaryl/α,β-unsaturated/α-hetero) is 1. The van der Waals surface area contributed by atoms with Crippen molar-refractivity contribution in [3.05, 3.63) is 58.2 Å². The molecule has 2 aromatic carbocycles. The second kappa shape index (κ2) is 6.26. The lowest BCUT2D eigenvalue weighted by Gasteiger charge is -2.10. The van der Waals surface area contributed by atoms with Gasteiger partial charge in [0, 0.05) is 32.9 Å². The maximum Gasteiger partial charge on any atom is 0.162 e. The van der Waals surface area contributed by atoms with E-state index in [4.69, 9.17) is 16.8 Å². The molecule has 1 heterocycles. The van der Waals surface area contributed by atoms with Crippen molar-refractivity contribution in [3.8, 4) is 11.4 Å². The Hall–Kier alpha value is -2.79. The lowest BCUT2D eigenvalue weighted by atomic mass is 10.0. The third-order valence-electron chi connectivity index (χ3n) is 4.30. The standard InChI is InChI=1S/C19H17ClN2O3/c1-10(21-25)15-8-17-16(9-18(15)24)19(12(3)23)11(2)22(17)14-6-4-13(20)5-7-14/h4-9,24-25H,1-3H3/b21-10+. The minimum atomic E-state index is -0.0880. The third kappa shape index (κ3) is 2.76. The number of halogens is 1. The summed E-state index contributed by atoms with van der Waals surface area (Å²) < 4.78 is 1.93. The van der Waals surface area contributed by atoms with Gasteiger partial charge in [-0.25, -0.2) is 0 Å². The summed E-state index contributed by atoms with van der Waals surface area (Å²) in [6.45, 7) is 4.95. The molecule has 0 atom stereocenters. The van der Waals surface area contributed by atoms with E-state index in [-0.39, 0.29) is 17.2 Å². The predicted molar refractivity (Wildman–Crippen MR) is 98.7 cm³/mol. The number of phenols is 1. The van der Waals surface area contributed by atoms with Gasteiger partial charge in [0.15, 0.2) is 5.78 Å². The summed E-state index contributed by atoms with van der Waals surface area (Å²) in [6, 6.07) is 10.5. The van der Waals surface area contributed by atoms with E-state index in [0.29, 0.717) is 21.5 Å². The van der Waals surface area contributed by atoms with E-state index in [1.165, 1.54) is 13.0 Å². The normalized spacial score (nSPS) is 11.9. The Morgan fingerprint density at radius 1 is 1.16 bits per heavy atom. The van der Waals surface area contributed by atoms with Crippen molar-refractivity contribution in [1.82, 2.24) is 4.57 Å². The zero-order chi connectivity index (χ0) is 18.3. The molecule has 0 radical (unpaired) electrons. The molecular weight excluding hydrogens is 340 g/mol. The highest BCUT2D eigenvalue weighted by Gasteiger charge is 2.21.